The van der Waals surface area contributed by atoms with Crippen molar-refractivity contribution in [2.75, 3.05) is 51.3 Å². The first-order chi connectivity index (χ1) is 11.1. The van der Waals surface area contributed by atoms with Crippen molar-refractivity contribution in [1.29, 1.82) is 0 Å². The third kappa shape index (κ3) is 4.05. The minimum Gasteiger partial charge on any atom is -0.384 e. The van der Waals surface area contributed by atoms with E-state index in [1.807, 2.05) is 6.07 Å². The van der Waals surface area contributed by atoms with Gasteiger partial charge in [-0.15, -0.1) is 0 Å². The molecule has 0 aromatic carbocycles. The number of likely N-dealkylation sites (tertiary alicyclic amines) is 1. The molecule has 124 valence electrons. The van der Waals surface area contributed by atoms with Gasteiger partial charge in [-0.2, -0.15) is 0 Å². The zero-order valence-electron chi connectivity index (χ0n) is 13.9. The molecular formula is C16H25N7. The van der Waals surface area contributed by atoms with Crippen LogP contribution in [0, 0.1) is 0 Å². The van der Waals surface area contributed by atoms with Gasteiger partial charge in [0.25, 0.3) is 0 Å². The summed E-state index contributed by atoms with van der Waals surface area (Å²) in [6.45, 7) is 4.50. The topological polar surface area (TPSA) is 83.2 Å². The molecule has 1 aliphatic rings. The molecule has 3 N–H and O–H groups in total. The number of hydrogen-bond acceptors (Lipinski definition) is 7. The van der Waals surface area contributed by atoms with Crippen molar-refractivity contribution in [2.45, 2.75) is 18.9 Å². The highest BCUT2D eigenvalue weighted by Crippen LogP contribution is 2.22. The highest BCUT2D eigenvalue weighted by Gasteiger charge is 2.20. The lowest BCUT2D eigenvalue weighted by Gasteiger charge is -2.33. The van der Waals surface area contributed by atoms with Gasteiger partial charge in [-0.3, -0.25) is 0 Å². The first-order valence-corrected chi connectivity index (χ1v) is 8.12. The van der Waals surface area contributed by atoms with Crippen molar-refractivity contribution in [3.05, 3.63) is 18.5 Å². The summed E-state index contributed by atoms with van der Waals surface area (Å²) >= 11 is 0. The van der Waals surface area contributed by atoms with Crippen LogP contribution in [0.5, 0.6) is 0 Å². The highest BCUT2D eigenvalue weighted by atomic mass is 15.2. The predicted molar refractivity (Wildman–Crippen MR) is 93.4 cm³/mol. The number of aromatic nitrogens is 3. The Bertz CT molecular complexity index is 650. The summed E-state index contributed by atoms with van der Waals surface area (Å²) in [7, 11) is 4.24. The number of fused-ring (bicyclic) bond motifs is 1. The third-order valence-electron chi connectivity index (χ3n) is 4.31. The molecule has 0 aliphatic carbocycles. The third-order valence-corrected chi connectivity index (χ3v) is 4.31. The van der Waals surface area contributed by atoms with Crippen molar-refractivity contribution in [1.82, 2.24) is 24.8 Å². The van der Waals surface area contributed by atoms with Crippen LogP contribution in [0.25, 0.3) is 11.0 Å². The zero-order chi connectivity index (χ0) is 16.2. The molecule has 0 unspecified atom stereocenters. The average Bonchev–Trinajstić information content (AvgIpc) is 2.54. The van der Waals surface area contributed by atoms with Crippen LogP contribution in [0.2, 0.25) is 0 Å². The van der Waals surface area contributed by atoms with E-state index in [-0.39, 0.29) is 0 Å². The fourth-order valence-corrected chi connectivity index (χ4v) is 2.91. The lowest BCUT2D eigenvalue weighted by molar-refractivity contribution is 0.199. The van der Waals surface area contributed by atoms with Gasteiger partial charge < -0.3 is 20.9 Å². The summed E-state index contributed by atoms with van der Waals surface area (Å²) in [4.78, 5) is 17.6. The van der Waals surface area contributed by atoms with Gasteiger partial charge in [0, 0.05) is 32.2 Å². The van der Waals surface area contributed by atoms with E-state index in [0.29, 0.717) is 17.5 Å². The number of piperidine rings is 1. The smallest absolute Gasteiger partial charge is 0.166 e. The number of rotatable bonds is 5. The molecule has 0 spiro atoms. The number of anilines is 2. The Balaban J connectivity index is 1.61. The van der Waals surface area contributed by atoms with Gasteiger partial charge in [0.05, 0.1) is 5.39 Å². The highest BCUT2D eigenvalue weighted by molar-refractivity contribution is 5.87. The van der Waals surface area contributed by atoms with Gasteiger partial charge in [0.2, 0.25) is 0 Å². The lowest BCUT2D eigenvalue weighted by Crippen LogP contribution is -2.41. The molecule has 0 amide bonds. The second-order valence-corrected chi connectivity index (χ2v) is 6.39. The van der Waals surface area contributed by atoms with Crippen molar-refractivity contribution >= 4 is 22.7 Å². The summed E-state index contributed by atoms with van der Waals surface area (Å²) in [6.07, 6.45) is 3.80. The first-order valence-electron chi connectivity index (χ1n) is 8.12. The van der Waals surface area contributed by atoms with Gasteiger partial charge in [-0.1, -0.05) is 0 Å². The van der Waals surface area contributed by atoms with Gasteiger partial charge in [0.1, 0.15) is 18.0 Å². The van der Waals surface area contributed by atoms with Gasteiger partial charge >= 0.3 is 0 Å². The van der Waals surface area contributed by atoms with Crippen LogP contribution in [-0.2, 0) is 0 Å². The van der Waals surface area contributed by atoms with Crippen molar-refractivity contribution < 1.29 is 0 Å². The number of hydrogen-bond donors (Lipinski definition) is 2. The molecule has 3 rings (SSSR count). The molecule has 23 heavy (non-hydrogen) atoms. The summed E-state index contributed by atoms with van der Waals surface area (Å²) < 4.78 is 0. The molecular weight excluding hydrogens is 290 g/mol. The van der Waals surface area contributed by atoms with E-state index < -0.39 is 0 Å². The van der Waals surface area contributed by atoms with Crippen LogP contribution >= 0.6 is 0 Å². The van der Waals surface area contributed by atoms with Crippen LogP contribution in [-0.4, -0.2) is 71.1 Å². The Morgan fingerprint density at radius 3 is 2.78 bits per heavy atom. The summed E-state index contributed by atoms with van der Waals surface area (Å²) in [5.41, 5.74) is 6.37. The molecule has 2 aromatic heterocycles. The molecule has 0 bridgehead atoms. The number of nitrogens with two attached hydrogens (primary N) is 1. The van der Waals surface area contributed by atoms with Crippen LogP contribution < -0.4 is 11.1 Å². The molecule has 0 radical (unpaired) electrons. The maximum absolute atomic E-state index is 5.72. The average molecular weight is 315 g/mol. The quantitative estimate of drug-likeness (QED) is 0.853. The van der Waals surface area contributed by atoms with E-state index in [2.05, 4.69) is 44.2 Å². The van der Waals surface area contributed by atoms with E-state index >= 15 is 0 Å². The van der Waals surface area contributed by atoms with Crippen molar-refractivity contribution in [3.8, 4) is 0 Å². The zero-order valence-corrected chi connectivity index (χ0v) is 13.9. The second-order valence-electron chi connectivity index (χ2n) is 6.39. The van der Waals surface area contributed by atoms with E-state index in [9.17, 15) is 0 Å². The van der Waals surface area contributed by atoms with Gasteiger partial charge in [0.15, 0.2) is 5.65 Å². The fraction of sp³-hybridized carbons (Fsp3) is 0.562. The Morgan fingerprint density at radius 2 is 2.04 bits per heavy atom. The fourth-order valence-electron chi connectivity index (χ4n) is 2.91. The minimum absolute atomic E-state index is 0.446. The molecule has 0 saturated carbocycles. The normalized spacial score (nSPS) is 17.0. The lowest BCUT2D eigenvalue weighted by atomic mass is 10.0. The van der Waals surface area contributed by atoms with Gasteiger partial charge in [-0.05, 0) is 39.1 Å². The Kier molecular flexibility index (Phi) is 4.88. The number of likely N-dealkylation sites (N-methyl/N-ethyl adjacent to an activating group) is 1. The van der Waals surface area contributed by atoms with Crippen LogP contribution in [0.4, 0.5) is 11.6 Å². The molecule has 7 heteroatoms. The molecule has 7 nitrogen and oxygen atoms in total. The summed E-state index contributed by atoms with van der Waals surface area (Å²) in [5.74, 6) is 1.34. The van der Waals surface area contributed by atoms with E-state index in [0.717, 1.165) is 50.2 Å². The molecule has 3 heterocycles. The molecule has 2 aromatic rings. The van der Waals surface area contributed by atoms with Crippen molar-refractivity contribution in [3.63, 3.8) is 0 Å². The Labute approximate surface area is 136 Å². The number of pyridine rings is 1. The maximum Gasteiger partial charge on any atom is 0.166 e. The predicted octanol–water partition coefficient (Wildman–Crippen LogP) is 1.04. The molecule has 1 aliphatic heterocycles. The minimum atomic E-state index is 0.446. The molecule has 1 saturated heterocycles. The van der Waals surface area contributed by atoms with E-state index in [4.69, 9.17) is 5.73 Å². The Morgan fingerprint density at radius 1 is 1.26 bits per heavy atom. The van der Waals surface area contributed by atoms with Crippen LogP contribution in [0.1, 0.15) is 12.8 Å². The molecule has 1 fully saturated rings. The number of nitrogens with zero attached hydrogens (tertiary/aromatic N) is 5. The standard InChI is InChI=1S/C16H25N7/c1-22(2)9-10-23-7-5-12(6-8-23)20-15-13-3-4-14(17)21-16(13)19-11-18-15/h3-4,11-12H,5-10H2,1-2H3,(H3,17,18,19,20,21). The van der Waals surface area contributed by atoms with Gasteiger partial charge in [-0.25, -0.2) is 15.0 Å². The maximum atomic E-state index is 5.72. The van der Waals surface area contributed by atoms with E-state index in [1.54, 1.807) is 12.4 Å². The van der Waals surface area contributed by atoms with Crippen molar-refractivity contribution in [2.24, 2.45) is 0 Å². The number of nitrogens with one attached hydrogen (secondary N) is 1. The number of nitrogen functional groups attached to an aromatic ring is 1. The summed E-state index contributed by atoms with van der Waals surface area (Å²) in [6, 6.07) is 4.17. The van der Waals surface area contributed by atoms with E-state index in [1.165, 1.54) is 0 Å². The second kappa shape index (κ2) is 7.06. The van der Waals surface area contributed by atoms with Crippen LogP contribution in [0.3, 0.4) is 0 Å². The van der Waals surface area contributed by atoms with Crippen LogP contribution in [0.15, 0.2) is 18.5 Å². The monoisotopic (exact) mass is 315 g/mol. The molecule has 0 atom stereocenters. The SMILES string of the molecule is CN(C)CCN1CCC(Nc2ncnc3nc(N)ccc23)CC1. The Hall–Kier alpha value is -1.99. The summed E-state index contributed by atoms with van der Waals surface area (Å²) in [5, 5.41) is 4.49. The first kappa shape index (κ1) is 15.9. The largest absolute Gasteiger partial charge is 0.384 e.